The molecule has 1 aromatic carbocycles. The maximum absolute atomic E-state index is 10.9. The van der Waals surface area contributed by atoms with Crippen molar-refractivity contribution in [2.75, 3.05) is 6.54 Å². The molecule has 0 aliphatic heterocycles. The van der Waals surface area contributed by atoms with Gasteiger partial charge in [0.25, 0.3) is 5.69 Å². The number of hydrogen-bond acceptors (Lipinski definition) is 4. The van der Waals surface area contributed by atoms with Crippen LogP contribution in [0.2, 0.25) is 5.02 Å². The zero-order valence-corrected chi connectivity index (χ0v) is 11.3. The van der Waals surface area contributed by atoms with Crippen molar-refractivity contribution in [3.05, 3.63) is 38.9 Å². The van der Waals surface area contributed by atoms with E-state index in [1.807, 2.05) is 0 Å². The summed E-state index contributed by atoms with van der Waals surface area (Å²) in [4.78, 5) is 10.5. The summed E-state index contributed by atoms with van der Waals surface area (Å²) in [5.41, 5.74) is 0.569. The molecular formula is C13H17ClN2O3. The SMILES string of the molecule is O=[N+]([O-])c1cccc(Cl)c1CNCC1CCC(O)C1. The van der Waals surface area contributed by atoms with Gasteiger partial charge in [-0.1, -0.05) is 17.7 Å². The number of nitrogens with zero attached hydrogens (tertiary/aromatic N) is 1. The van der Waals surface area contributed by atoms with Crippen molar-refractivity contribution in [3.8, 4) is 0 Å². The summed E-state index contributed by atoms with van der Waals surface area (Å²) in [5, 5.41) is 24.0. The van der Waals surface area contributed by atoms with Crippen molar-refractivity contribution in [2.24, 2.45) is 5.92 Å². The fourth-order valence-corrected chi connectivity index (χ4v) is 2.76. The molecule has 0 spiro atoms. The van der Waals surface area contributed by atoms with Gasteiger partial charge in [0.2, 0.25) is 0 Å². The molecule has 0 amide bonds. The first-order valence-corrected chi connectivity index (χ1v) is 6.76. The lowest BCUT2D eigenvalue weighted by Crippen LogP contribution is -2.22. The van der Waals surface area contributed by atoms with Crippen LogP contribution >= 0.6 is 11.6 Å². The van der Waals surface area contributed by atoms with Crippen LogP contribution in [0.3, 0.4) is 0 Å². The fraction of sp³-hybridized carbons (Fsp3) is 0.538. The lowest BCUT2D eigenvalue weighted by molar-refractivity contribution is -0.385. The summed E-state index contributed by atoms with van der Waals surface area (Å²) in [6, 6.07) is 4.70. The van der Waals surface area contributed by atoms with E-state index in [1.165, 1.54) is 6.07 Å². The van der Waals surface area contributed by atoms with Crippen LogP contribution in [-0.4, -0.2) is 22.7 Å². The second kappa shape index (κ2) is 6.32. The molecule has 2 rings (SSSR count). The highest BCUT2D eigenvalue weighted by Crippen LogP contribution is 2.27. The lowest BCUT2D eigenvalue weighted by Gasteiger charge is -2.11. The number of nitrogens with one attached hydrogen (secondary N) is 1. The van der Waals surface area contributed by atoms with E-state index in [0.29, 0.717) is 23.0 Å². The summed E-state index contributed by atoms with van der Waals surface area (Å²) in [6.07, 6.45) is 2.45. The van der Waals surface area contributed by atoms with Gasteiger partial charge in [-0.05, 0) is 37.8 Å². The van der Waals surface area contributed by atoms with Gasteiger partial charge in [-0.2, -0.15) is 0 Å². The second-order valence-corrected chi connectivity index (χ2v) is 5.37. The minimum absolute atomic E-state index is 0.0476. The van der Waals surface area contributed by atoms with Crippen molar-refractivity contribution in [3.63, 3.8) is 0 Å². The normalized spacial score (nSPS) is 22.6. The van der Waals surface area contributed by atoms with Crippen LogP contribution in [0, 0.1) is 16.0 Å². The van der Waals surface area contributed by atoms with E-state index in [1.54, 1.807) is 12.1 Å². The molecule has 0 aromatic heterocycles. The van der Waals surface area contributed by atoms with Gasteiger partial charge < -0.3 is 10.4 Å². The van der Waals surface area contributed by atoms with Crippen LogP contribution in [0.4, 0.5) is 5.69 Å². The Morgan fingerprint density at radius 2 is 2.26 bits per heavy atom. The summed E-state index contributed by atoms with van der Waals surface area (Å²) < 4.78 is 0. The van der Waals surface area contributed by atoms with Gasteiger partial charge in [0, 0.05) is 12.6 Å². The number of halogens is 1. The van der Waals surface area contributed by atoms with E-state index in [-0.39, 0.29) is 11.8 Å². The number of nitro benzene ring substituents is 1. The predicted octanol–water partition coefficient (Wildman–Crippen LogP) is 2.50. The zero-order valence-electron chi connectivity index (χ0n) is 10.5. The number of aliphatic hydroxyl groups is 1. The Hall–Kier alpha value is -1.17. The standard InChI is InChI=1S/C13H17ClN2O3/c14-12-2-1-3-13(16(18)19)11(12)8-15-7-9-4-5-10(17)6-9/h1-3,9-10,15,17H,4-8H2. The van der Waals surface area contributed by atoms with Crippen LogP contribution in [0.1, 0.15) is 24.8 Å². The minimum atomic E-state index is -0.414. The number of rotatable bonds is 5. The summed E-state index contributed by atoms with van der Waals surface area (Å²) >= 11 is 6.01. The van der Waals surface area contributed by atoms with Gasteiger partial charge in [-0.25, -0.2) is 0 Å². The van der Waals surface area contributed by atoms with Crippen molar-refractivity contribution < 1.29 is 10.0 Å². The molecule has 1 saturated carbocycles. The number of aliphatic hydroxyl groups excluding tert-OH is 1. The Bertz CT molecular complexity index is 467. The molecule has 6 heteroatoms. The molecule has 2 atom stereocenters. The molecule has 1 fully saturated rings. The van der Waals surface area contributed by atoms with E-state index in [9.17, 15) is 15.2 Å². The average Bonchev–Trinajstić information content (AvgIpc) is 2.77. The van der Waals surface area contributed by atoms with E-state index in [2.05, 4.69) is 5.32 Å². The monoisotopic (exact) mass is 284 g/mol. The van der Waals surface area contributed by atoms with E-state index >= 15 is 0 Å². The van der Waals surface area contributed by atoms with Gasteiger partial charge in [0.05, 0.1) is 21.6 Å². The first-order valence-electron chi connectivity index (χ1n) is 6.38. The molecule has 1 aromatic rings. The molecule has 2 N–H and O–H groups in total. The Kier molecular flexibility index (Phi) is 4.74. The van der Waals surface area contributed by atoms with Crippen molar-refractivity contribution in [1.82, 2.24) is 5.32 Å². The van der Waals surface area contributed by atoms with Crippen molar-refractivity contribution in [1.29, 1.82) is 0 Å². The maximum Gasteiger partial charge on any atom is 0.275 e. The third-order valence-electron chi connectivity index (χ3n) is 3.54. The highest BCUT2D eigenvalue weighted by Gasteiger charge is 2.23. The van der Waals surface area contributed by atoms with Gasteiger partial charge in [-0.15, -0.1) is 0 Å². The van der Waals surface area contributed by atoms with Gasteiger partial charge in [-0.3, -0.25) is 10.1 Å². The first kappa shape index (κ1) is 14.2. The van der Waals surface area contributed by atoms with Crippen LogP contribution in [0.25, 0.3) is 0 Å². The Morgan fingerprint density at radius 1 is 1.47 bits per heavy atom. The van der Waals surface area contributed by atoms with Crippen LogP contribution in [0.5, 0.6) is 0 Å². The Morgan fingerprint density at radius 3 is 2.89 bits per heavy atom. The van der Waals surface area contributed by atoms with E-state index in [0.717, 1.165) is 25.8 Å². The van der Waals surface area contributed by atoms with Crippen molar-refractivity contribution >= 4 is 17.3 Å². The van der Waals surface area contributed by atoms with E-state index in [4.69, 9.17) is 11.6 Å². The van der Waals surface area contributed by atoms with E-state index < -0.39 is 4.92 Å². The molecule has 19 heavy (non-hydrogen) atoms. The van der Waals surface area contributed by atoms with Gasteiger partial charge in [0.15, 0.2) is 0 Å². The predicted molar refractivity (Wildman–Crippen MR) is 73.2 cm³/mol. The van der Waals surface area contributed by atoms with Gasteiger partial charge >= 0.3 is 0 Å². The third kappa shape index (κ3) is 3.65. The molecule has 1 aliphatic rings. The number of hydrogen-bond donors (Lipinski definition) is 2. The smallest absolute Gasteiger partial charge is 0.275 e. The lowest BCUT2D eigenvalue weighted by atomic mass is 10.1. The third-order valence-corrected chi connectivity index (χ3v) is 3.89. The van der Waals surface area contributed by atoms with Crippen LogP contribution < -0.4 is 5.32 Å². The quantitative estimate of drug-likeness (QED) is 0.643. The topological polar surface area (TPSA) is 75.4 Å². The number of nitro groups is 1. The van der Waals surface area contributed by atoms with Crippen LogP contribution in [-0.2, 0) is 6.54 Å². The largest absolute Gasteiger partial charge is 0.393 e. The van der Waals surface area contributed by atoms with Gasteiger partial charge in [0.1, 0.15) is 0 Å². The summed E-state index contributed by atoms with van der Waals surface area (Å²) in [7, 11) is 0. The molecule has 0 heterocycles. The molecular weight excluding hydrogens is 268 g/mol. The molecule has 0 bridgehead atoms. The van der Waals surface area contributed by atoms with Crippen LogP contribution in [0.15, 0.2) is 18.2 Å². The maximum atomic E-state index is 10.9. The molecule has 2 unspecified atom stereocenters. The zero-order chi connectivity index (χ0) is 13.8. The Labute approximate surface area is 116 Å². The van der Waals surface area contributed by atoms with Crippen molar-refractivity contribution in [2.45, 2.75) is 31.9 Å². The summed E-state index contributed by atoms with van der Waals surface area (Å²) in [5.74, 6) is 0.441. The molecule has 0 saturated heterocycles. The minimum Gasteiger partial charge on any atom is -0.393 e. The molecule has 0 radical (unpaired) electrons. The molecule has 1 aliphatic carbocycles. The molecule has 5 nitrogen and oxygen atoms in total. The first-order chi connectivity index (χ1) is 9.08. The molecule has 104 valence electrons. The highest BCUT2D eigenvalue weighted by atomic mass is 35.5. The fourth-order valence-electron chi connectivity index (χ4n) is 2.53. The average molecular weight is 285 g/mol. The summed E-state index contributed by atoms with van der Waals surface area (Å²) in [6.45, 7) is 1.13. The second-order valence-electron chi connectivity index (χ2n) is 4.96. The number of benzene rings is 1. The Balaban J connectivity index is 1.94. The highest BCUT2D eigenvalue weighted by molar-refractivity contribution is 6.31.